The van der Waals surface area contributed by atoms with Crippen molar-refractivity contribution in [2.75, 3.05) is 18.0 Å². The summed E-state index contributed by atoms with van der Waals surface area (Å²) < 4.78 is 0. The molecule has 0 amide bonds. The number of benzene rings is 2. The Hall–Kier alpha value is -1.50. The van der Waals surface area contributed by atoms with Gasteiger partial charge in [-0.25, -0.2) is 0 Å². The van der Waals surface area contributed by atoms with Crippen molar-refractivity contribution in [3.8, 4) is 0 Å². The Bertz CT molecular complexity index is 768. The van der Waals surface area contributed by atoms with Gasteiger partial charge >= 0.3 is 0 Å². The molecule has 0 bridgehead atoms. The van der Waals surface area contributed by atoms with Crippen LogP contribution in [0.4, 0.5) is 5.69 Å². The summed E-state index contributed by atoms with van der Waals surface area (Å²) in [5.74, 6) is 0. The number of fused-ring (bicyclic) bond motifs is 1. The van der Waals surface area contributed by atoms with Crippen molar-refractivity contribution >= 4 is 16.5 Å². The van der Waals surface area contributed by atoms with Crippen LogP contribution >= 0.6 is 0 Å². The van der Waals surface area contributed by atoms with Gasteiger partial charge < -0.3 is 4.90 Å². The van der Waals surface area contributed by atoms with E-state index < -0.39 is 0 Å². The van der Waals surface area contributed by atoms with Gasteiger partial charge in [-0.2, -0.15) is 0 Å². The fourth-order valence-corrected chi connectivity index (χ4v) is 6.03. The predicted octanol–water partition coefficient (Wildman–Crippen LogP) is 13.0. The third kappa shape index (κ3) is 17.0. The van der Waals surface area contributed by atoms with Gasteiger partial charge in [0.2, 0.25) is 0 Å². The summed E-state index contributed by atoms with van der Waals surface area (Å²) in [6.45, 7) is 7.04. The van der Waals surface area contributed by atoms with Crippen LogP contribution in [0.3, 0.4) is 0 Å². The van der Waals surface area contributed by atoms with Crippen molar-refractivity contribution in [3.05, 3.63) is 42.5 Å². The molecule has 39 heavy (non-hydrogen) atoms. The van der Waals surface area contributed by atoms with Crippen molar-refractivity contribution in [2.45, 2.75) is 168 Å². The lowest BCUT2D eigenvalue weighted by molar-refractivity contribution is 0.535. The van der Waals surface area contributed by atoms with E-state index in [1.54, 1.807) is 0 Å². The quantitative estimate of drug-likeness (QED) is 0.103. The van der Waals surface area contributed by atoms with Gasteiger partial charge in [-0.05, 0) is 35.7 Å². The molecule has 0 aliphatic heterocycles. The van der Waals surface area contributed by atoms with E-state index in [4.69, 9.17) is 0 Å². The minimum Gasteiger partial charge on any atom is -0.372 e. The molecule has 0 saturated carbocycles. The molecule has 2 aromatic carbocycles. The molecule has 2 rings (SSSR count). The molecular weight excluding hydrogens is 470 g/mol. The fourth-order valence-electron chi connectivity index (χ4n) is 6.03. The second-order valence-corrected chi connectivity index (χ2v) is 12.3. The summed E-state index contributed by atoms with van der Waals surface area (Å²) in [7, 11) is 0. The number of unbranched alkanes of at least 4 members (excludes halogenated alkanes) is 22. The van der Waals surface area contributed by atoms with Crippen molar-refractivity contribution in [3.63, 3.8) is 0 Å². The Morgan fingerprint density at radius 2 is 0.744 bits per heavy atom. The molecule has 0 spiro atoms. The Kier molecular flexibility index (Phi) is 21.0. The van der Waals surface area contributed by atoms with Crippen LogP contribution in [0.2, 0.25) is 0 Å². The number of anilines is 1. The highest BCUT2D eigenvalue weighted by atomic mass is 15.1. The Morgan fingerprint density at radius 3 is 1.15 bits per heavy atom. The molecule has 0 unspecified atom stereocenters. The van der Waals surface area contributed by atoms with Crippen molar-refractivity contribution in [1.29, 1.82) is 0 Å². The maximum atomic E-state index is 2.69. The third-order valence-electron chi connectivity index (χ3n) is 8.66. The summed E-state index contributed by atoms with van der Waals surface area (Å²) in [6, 6.07) is 15.9. The normalized spacial score (nSPS) is 11.4. The smallest absolute Gasteiger partial charge is 0.0372 e. The number of hydrogen-bond donors (Lipinski definition) is 0. The van der Waals surface area contributed by atoms with Crippen LogP contribution in [0, 0.1) is 0 Å². The molecule has 2 aromatic rings. The van der Waals surface area contributed by atoms with Crippen LogP contribution in [-0.4, -0.2) is 13.1 Å². The standard InChI is InChI=1S/C38H65N/c1-3-5-7-9-11-13-15-17-19-21-23-27-33-39(38-32-31-36-29-25-26-30-37(36)35-38)34-28-24-22-20-18-16-14-12-10-8-6-4-2/h25-26,29-32,35H,3-24,27-28,33-34H2,1-2H3. The molecule has 0 aromatic heterocycles. The van der Waals surface area contributed by atoms with E-state index in [0.717, 1.165) is 0 Å². The second kappa shape index (κ2) is 24.3. The molecule has 0 fully saturated rings. The third-order valence-corrected chi connectivity index (χ3v) is 8.66. The minimum atomic E-state index is 1.22. The fraction of sp³-hybridized carbons (Fsp3) is 0.737. The number of rotatable bonds is 27. The molecule has 0 N–H and O–H groups in total. The van der Waals surface area contributed by atoms with Crippen molar-refractivity contribution in [1.82, 2.24) is 0 Å². The van der Waals surface area contributed by atoms with Crippen LogP contribution < -0.4 is 4.90 Å². The van der Waals surface area contributed by atoms with Gasteiger partial charge in [0.1, 0.15) is 0 Å². The van der Waals surface area contributed by atoms with E-state index in [9.17, 15) is 0 Å². The highest BCUT2D eigenvalue weighted by Gasteiger charge is 2.08. The summed E-state index contributed by atoms with van der Waals surface area (Å²) in [5, 5.41) is 2.74. The molecule has 0 heterocycles. The van der Waals surface area contributed by atoms with Crippen molar-refractivity contribution < 1.29 is 0 Å². The molecule has 222 valence electrons. The minimum absolute atomic E-state index is 1.22. The second-order valence-electron chi connectivity index (χ2n) is 12.3. The highest BCUT2D eigenvalue weighted by molar-refractivity contribution is 5.85. The van der Waals surface area contributed by atoms with Crippen LogP contribution in [-0.2, 0) is 0 Å². The first-order chi connectivity index (χ1) is 19.3. The molecule has 0 aliphatic carbocycles. The topological polar surface area (TPSA) is 3.24 Å². The number of nitrogens with zero attached hydrogens (tertiary/aromatic N) is 1. The largest absolute Gasteiger partial charge is 0.372 e. The van der Waals surface area contributed by atoms with Crippen LogP contribution in [0.15, 0.2) is 42.5 Å². The summed E-state index contributed by atoms with van der Waals surface area (Å²) in [4.78, 5) is 2.69. The van der Waals surface area contributed by atoms with E-state index in [1.807, 2.05) is 0 Å². The maximum Gasteiger partial charge on any atom is 0.0372 e. The first-order valence-electron chi connectivity index (χ1n) is 17.6. The Morgan fingerprint density at radius 1 is 0.385 bits per heavy atom. The van der Waals surface area contributed by atoms with E-state index in [2.05, 4.69) is 61.2 Å². The predicted molar refractivity (Wildman–Crippen MR) is 178 cm³/mol. The zero-order chi connectivity index (χ0) is 27.6. The molecule has 1 nitrogen and oxygen atoms in total. The van der Waals surface area contributed by atoms with E-state index in [-0.39, 0.29) is 0 Å². The van der Waals surface area contributed by atoms with Gasteiger partial charge in [0.05, 0.1) is 0 Å². The van der Waals surface area contributed by atoms with Gasteiger partial charge in [0, 0.05) is 18.8 Å². The van der Waals surface area contributed by atoms with E-state index in [1.165, 1.54) is 184 Å². The Labute approximate surface area is 244 Å². The molecule has 1 heteroatoms. The highest BCUT2D eigenvalue weighted by Crippen LogP contribution is 2.24. The SMILES string of the molecule is CCCCCCCCCCCCCCN(CCCCCCCCCCCCCC)c1ccc2ccccc2c1. The maximum absolute atomic E-state index is 2.69. The van der Waals surface area contributed by atoms with Gasteiger partial charge in [0.25, 0.3) is 0 Å². The summed E-state index contributed by atoms with van der Waals surface area (Å²) in [6.07, 6.45) is 34.2. The Balaban J connectivity index is 1.62. The zero-order valence-electron chi connectivity index (χ0n) is 26.4. The summed E-state index contributed by atoms with van der Waals surface area (Å²) >= 11 is 0. The van der Waals surface area contributed by atoms with Gasteiger partial charge in [-0.15, -0.1) is 0 Å². The number of hydrogen-bond acceptors (Lipinski definition) is 1. The lowest BCUT2D eigenvalue weighted by Crippen LogP contribution is -2.25. The van der Waals surface area contributed by atoms with Crippen LogP contribution in [0.1, 0.15) is 168 Å². The first-order valence-corrected chi connectivity index (χ1v) is 17.6. The van der Waals surface area contributed by atoms with Gasteiger partial charge in [-0.1, -0.05) is 185 Å². The molecule has 0 radical (unpaired) electrons. The van der Waals surface area contributed by atoms with E-state index >= 15 is 0 Å². The average molecular weight is 536 g/mol. The molecular formula is C38H65N. The lowest BCUT2D eigenvalue weighted by atomic mass is 10.0. The van der Waals surface area contributed by atoms with Crippen molar-refractivity contribution in [2.24, 2.45) is 0 Å². The lowest BCUT2D eigenvalue weighted by Gasteiger charge is -2.25. The average Bonchev–Trinajstić information content (AvgIpc) is 2.97. The first kappa shape index (κ1) is 33.7. The van der Waals surface area contributed by atoms with Gasteiger partial charge in [0.15, 0.2) is 0 Å². The molecule has 0 saturated heterocycles. The molecule has 0 atom stereocenters. The summed E-state index contributed by atoms with van der Waals surface area (Å²) in [5.41, 5.74) is 1.43. The monoisotopic (exact) mass is 536 g/mol. The van der Waals surface area contributed by atoms with Crippen LogP contribution in [0.25, 0.3) is 10.8 Å². The molecule has 0 aliphatic rings. The van der Waals surface area contributed by atoms with Crippen LogP contribution in [0.5, 0.6) is 0 Å². The zero-order valence-corrected chi connectivity index (χ0v) is 26.4. The van der Waals surface area contributed by atoms with E-state index in [0.29, 0.717) is 0 Å². The van der Waals surface area contributed by atoms with Gasteiger partial charge in [-0.3, -0.25) is 0 Å².